The third-order valence-electron chi connectivity index (χ3n) is 2.12. The lowest BCUT2D eigenvalue weighted by Crippen LogP contribution is -2.12. The smallest absolute Gasteiger partial charge is 0.166 e. The summed E-state index contributed by atoms with van der Waals surface area (Å²) in [6.45, 7) is 5.38. The quantitative estimate of drug-likeness (QED) is 0.607. The standard InChI is InChI=1S/C10H8F6.C2H6/c1-2-6-5-7(9(11,12)13)3-4-8(6)10(14,15)16;1-2/h3-5H,2H2,1H3;1-2H3. The summed E-state index contributed by atoms with van der Waals surface area (Å²) in [6, 6.07) is 1.46. The maximum atomic E-state index is 12.4. The largest absolute Gasteiger partial charge is 0.416 e. The van der Waals surface area contributed by atoms with E-state index in [-0.39, 0.29) is 12.0 Å². The molecule has 0 aliphatic heterocycles. The van der Waals surface area contributed by atoms with Crippen LogP contribution in [0.3, 0.4) is 0 Å². The molecule has 0 aromatic heterocycles. The van der Waals surface area contributed by atoms with Crippen LogP contribution >= 0.6 is 0 Å². The third kappa shape index (κ3) is 4.23. The first-order chi connectivity index (χ1) is 8.16. The Balaban J connectivity index is 0.00000137. The Hall–Kier alpha value is -1.20. The molecular formula is C12H14F6. The van der Waals surface area contributed by atoms with Crippen molar-refractivity contribution >= 4 is 0 Å². The molecule has 1 aromatic carbocycles. The zero-order valence-electron chi connectivity index (χ0n) is 10.2. The summed E-state index contributed by atoms with van der Waals surface area (Å²) < 4.78 is 73.9. The summed E-state index contributed by atoms with van der Waals surface area (Å²) in [6.07, 6.45) is -9.33. The van der Waals surface area contributed by atoms with E-state index in [0.29, 0.717) is 18.2 Å². The monoisotopic (exact) mass is 272 g/mol. The zero-order valence-corrected chi connectivity index (χ0v) is 10.2. The highest BCUT2D eigenvalue weighted by atomic mass is 19.4. The van der Waals surface area contributed by atoms with Crippen molar-refractivity contribution in [2.24, 2.45) is 0 Å². The minimum atomic E-state index is -4.62. The zero-order chi connectivity index (χ0) is 14.6. The van der Waals surface area contributed by atoms with Crippen molar-refractivity contribution in [2.75, 3.05) is 0 Å². The Morgan fingerprint density at radius 3 is 1.72 bits per heavy atom. The molecule has 0 saturated heterocycles. The van der Waals surface area contributed by atoms with E-state index in [9.17, 15) is 26.3 Å². The molecule has 0 aliphatic carbocycles. The van der Waals surface area contributed by atoms with Gasteiger partial charge in [-0.05, 0) is 30.2 Å². The van der Waals surface area contributed by atoms with Gasteiger partial charge in [-0.3, -0.25) is 0 Å². The molecule has 0 amide bonds. The molecule has 0 saturated carbocycles. The Kier molecular flexibility index (Phi) is 5.70. The fourth-order valence-electron chi connectivity index (χ4n) is 1.34. The number of rotatable bonds is 1. The first kappa shape index (κ1) is 16.8. The van der Waals surface area contributed by atoms with Crippen LogP contribution in [0.15, 0.2) is 18.2 Å². The van der Waals surface area contributed by atoms with Crippen LogP contribution in [0.4, 0.5) is 26.3 Å². The predicted octanol–water partition coefficient (Wildman–Crippen LogP) is 5.31. The molecule has 1 rings (SSSR count). The molecule has 18 heavy (non-hydrogen) atoms. The van der Waals surface area contributed by atoms with Crippen molar-refractivity contribution in [3.63, 3.8) is 0 Å². The van der Waals surface area contributed by atoms with E-state index in [1.54, 1.807) is 0 Å². The number of hydrogen-bond donors (Lipinski definition) is 0. The number of aryl methyl sites for hydroxylation is 1. The second-order valence-electron chi connectivity index (χ2n) is 3.22. The van der Waals surface area contributed by atoms with Gasteiger partial charge in [0, 0.05) is 0 Å². The normalized spacial score (nSPS) is 11.8. The van der Waals surface area contributed by atoms with Gasteiger partial charge < -0.3 is 0 Å². The maximum Gasteiger partial charge on any atom is 0.416 e. The predicted molar refractivity (Wildman–Crippen MR) is 57.2 cm³/mol. The second-order valence-corrected chi connectivity index (χ2v) is 3.22. The molecule has 6 heteroatoms. The summed E-state index contributed by atoms with van der Waals surface area (Å²) in [7, 11) is 0. The Morgan fingerprint density at radius 1 is 0.889 bits per heavy atom. The minimum Gasteiger partial charge on any atom is -0.166 e. The van der Waals surface area contributed by atoms with Crippen LogP contribution in [0, 0.1) is 0 Å². The fraction of sp³-hybridized carbons (Fsp3) is 0.500. The van der Waals surface area contributed by atoms with Gasteiger partial charge in [0.2, 0.25) is 0 Å². The lowest BCUT2D eigenvalue weighted by molar-refractivity contribution is -0.141. The molecule has 0 atom stereocenters. The number of halogens is 6. The van der Waals surface area contributed by atoms with Gasteiger partial charge in [0.25, 0.3) is 0 Å². The van der Waals surface area contributed by atoms with Crippen molar-refractivity contribution in [1.82, 2.24) is 0 Å². The van der Waals surface area contributed by atoms with Crippen molar-refractivity contribution in [3.05, 3.63) is 34.9 Å². The van der Waals surface area contributed by atoms with E-state index in [0.717, 1.165) is 0 Å². The molecule has 0 unspecified atom stereocenters. The van der Waals surface area contributed by atoms with Crippen LogP contribution in [-0.2, 0) is 18.8 Å². The summed E-state index contributed by atoms with van der Waals surface area (Å²) in [5.41, 5.74) is -2.41. The third-order valence-corrected chi connectivity index (χ3v) is 2.12. The van der Waals surface area contributed by atoms with Gasteiger partial charge in [-0.25, -0.2) is 0 Å². The van der Waals surface area contributed by atoms with Gasteiger partial charge in [0.05, 0.1) is 11.1 Å². The molecule has 104 valence electrons. The van der Waals surface area contributed by atoms with E-state index in [1.165, 1.54) is 6.92 Å². The molecule has 0 N–H and O–H groups in total. The SMILES string of the molecule is CC.CCc1cc(C(F)(F)F)ccc1C(F)(F)F. The van der Waals surface area contributed by atoms with Crippen LogP contribution in [0.5, 0.6) is 0 Å². The molecular weight excluding hydrogens is 258 g/mol. The summed E-state index contributed by atoms with van der Waals surface area (Å²) in [4.78, 5) is 0. The van der Waals surface area contributed by atoms with Crippen LogP contribution in [0.1, 0.15) is 37.5 Å². The van der Waals surface area contributed by atoms with Gasteiger partial charge in [-0.1, -0.05) is 20.8 Å². The molecule has 0 aliphatic rings. The van der Waals surface area contributed by atoms with E-state index in [2.05, 4.69) is 0 Å². The molecule has 0 spiro atoms. The van der Waals surface area contributed by atoms with Gasteiger partial charge in [-0.2, -0.15) is 26.3 Å². The van der Waals surface area contributed by atoms with Gasteiger partial charge in [-0.15, -0.1) is 0 Å². The molecule has 0 nitrogen and oxygen atoms in total. The molecule has 1 aromatic rings. The topological polar surface area (TPSA) is 0 Å². The van der Waals surface area contributed by atoms with Crippen molar-refractivity contribution in [2.45, 2.75) is 39.5 Å². The van der Waals surface area contributed by atoms with Crippen molar-refractivity contribution < 1.29 is 26.3 Å². The highest BCUT2D eigenvalue weighted by molar-refractivity contribution is 5.35. The van der Waals surface area contributed by atoms with Crippen LogP contribution in [-0.4, -0.2) is 0 Å². The highest BCUT2D eigenvalue weighted by Crippen LogP contribution is 2.36. The summed E-state index contributed by atoms with van der Waals surface area (Å²) in [5.74, 6) is 0. The second kappa shape index (κ2) is 6.11. The minimum absolute atomic E-state index is 0.0984. The van der Waals surface area contributed by atoms with E-state index in [4.69, 9.17) is 0 Å². The number of benzene rings is 1. The molecule has 0 fully saturated rings. The molecule has 0 bridgehead atoms. The Morgan fingerprint density at radius 2 is 1.39 bits per heavy atom. The molecule has 0 radical (unpaired) electrons. The molecule has 0 heterocycles. The Labute approximate surface area is 102 Å². The van der Waals surface area contributed by atoms with Gasteiger partial charge >= 0.3 is 12.4 Å². The van der Waals surface area contributed by atoms with E-state index < -0.39 is 23.5 Å². The van der Waals surface area contributed by atoms with Crippen LogP contribution < -0.4 is 0 Å². The lowest BCUT2D eigenvalue weighted by Gasteiger charge is -2.14. The maximum absolute atomic E-state index is 12.4. The summed E-state index contributed by atoms with van der Waals surface area (Å²) >= 11 is 0. The first-order valence-electron chi connectivity index (χ1n) is 5.43. The summed E-state index contributed by atoms with van der Waals surface area (Å²) in [5, 5.41) is 0. The van der Waals surface area contributed by atoms with Crippen LogP contribution in [0.2, 0.25) is 0 Å². The van der Waals surface area contributed by atoms with Crippen LogP contribution in [0.25, 0.3) is 0 Å². The number of hydrogen-bond acceptors (Lipinski definition) is 0. The Bertz CT molecular complexity index is 375. The first-order valence-corrected chi connectivity index (χ1v) is 5.43. The van der Waals surface area contributed by atoms with E-state index >= 15 is 0 Å². The van der Waals surface area contributed by atoms with E-state index in [1.807, 2.05) is 13.8 Å². The lowest BCUT2D eigenvalue weighted by atomic mass is 10.0. The highest BCUT2D eigenvalue weighted by Gasteiger charge is 2.36. The average molecular weight is 272 g/mol. The van der Waals surface area contributed by atoms with Crippen molar-refractivity contribution in [1.29, 1.82) is 0 Å². The number of alkyl halides is 6. The van der Waals surface area contributed by atoms with Crippen molar-refractivity contribution in [3.8, 4) is 0 Å². The fourth-order valence-corrected chi connectivity index (χ4v) is 1.34. The van der Waals surface area contributed by atoms with Gasteiger partial charge in [0.15, 0.2) is 0 Å². The average Bonchev–Trinajstić information content (AvgIpc) is 2.28. The van der Waals surface area contributed by atoms with Gasteiger partial charge in [0.1, 0.15) is 0 Å².